The largest absolute Gasteiger partial charge is 0.386 e. The van der Waals surface area contributed by atoms with Crippen LogP contribution in [0.25, 0.3) is 0 Å². The van der Waals surface area contributed by atoms with Crippen LogP contribution < -0.4 is 0 Å². The van der Waals surface area contributed by atoms with Crippen LogP contribution in [0.1, 0.15) is 25.1 Å². The van der Waals surface area contributed by atoms with Crippen molar-refractivity contribution in [3.8, 4) is 6.07 Å². The number of hydrogen-bond donors (Lipinski definition) is 1. The smallest absolute Gasteiger partial charge is 0.108 e. The van der Waals surface area contributed by atoms with Gasteiger partial charge in [-0.15, -0.1) is 0 Å². The van der Waals surface area contributed by atoms with Crippen LogP contribution in [0.15, 0.2) is 12.5 Å². The maximum atomic E-state index is 9.44. The first-order chi connectivity index (χ1) is 5.79. The number of aromatic nitrogens is 2. The van der Waals surface area contributed by atoms with Crippen LogP contribution in [0.5, 0.6) is 0 Å². The number of rotatable bonds is 3. The molecule has 0 radical (unpaired) electrons. The lowest BCUT2D eigenvalue weighted by atomic mass is 10.2. The number of aliphatic hydroxyl groups is 1. The quantitative estimate of drug-likeness (QED) is 0.722. The molecule has 0 aliphatic heterocycles. The average molecular weight is 165 g/mol. The predicted molar refractivity (Wildman–Crippen MR) is 43.1 cm³/mol. The van der Waals surface area contributed by atoms with Crippen LogP contribution in [0.2, 0.25) is 0 Å². The van der Waals surface area contributed by atoms with E-state index < -0.39 is 6.10 Å². The molecule has 1 atom stereocenters. The molecular formula is C8H11N3O. The van der Waals surface area contributed by atoms with Gasteiger partial charge in [0.15, 0.2) is 0 Å². The summed E-state index contributed by atoms with van der Waals surface area (Å²) in [4.78, 5) is 3.89. The number of aryl methyl sites for hydroxylation is 1. The van der Waals surface area contributed by atoms with Crippen LogP contribution in [0, 0.1) is 11.3 Å². The summed E-state index contributed by atoms with van der Waals surface area (Å²) in [6.45, 7) is 2.72. The minimum absolute atomic E-state index is 0.117. The van der Waals surface area contributed by atoms with Crippen molar-refractivity contribution in [2.24, 2.45) is 0 Å². The van der Waals surface area contributed by atoms with Gasteiger partial charge in [0, 0.05) is 6.54 Å². The van der Waals surface area contributed by atoms with Crippen molar-refractivity contribution in [1.29, 1.82) is 5.26 Å². The Kier molecular flexibility index (Phi) is 2.83. The molecule has 0 saturated carbocycles. The van der Waals surface area contributed by atoms with Crippen molar-refractivity contribution < 1.29 is 5.11 Å². The second-order valence-electron chi connectivity index (χ2n) is 2.48. The summed E-state index contributed by atoms with van der Waals surface area (Å²) in [6, 6.07) is 1.92. The van der Waals surface area contributed by atoms with E-state index in [1.807, 2.05) is 17.6 Å². The molecule has 1 rings (SSSR count). The average Bonchev–Trinajstić information content (AvgIpc) is 2.51. The summed E-state index contributed by atoms with van der Waals surface area (Å²) < 4.78 is 1.82. The molecule has 0 bridgehead atoms. The molecule has 0 amide bonds. The van der Waals surface area contributed by atoms with Gasteiger partial charge in [-0.1, -0.05) is 0 Å². The van der Waals surface area contributed by atoms with Gasteiger partial charge in [0.1, 0.15) is 6.10 Å². The van der Waals surface area contributed by atoms with Crippen molar-refractivity contribution in [3.63, 3.8) is 0 Å². The molecule has 0 aliphatic carbocycles. The van der Waals surface area contributed by atoms with Gasteiger partial charge in [0.05, 0.1) is 30.7 Å². The third-order valence-electron chi connectivity index (χ3n) is 1.71. The number of imidazole rings is 1. The van der Waals surface area contributed by atoms with E-state index in [2.05, 4.69) is 4.98 Å². The molecule has 0 aliphatic rings. The van der Waals surface area contributed by atoms with Crippen molar-refractivity contribution in [2.75, 3.05) is 0 Å². The lowest BCUT2D eigenvalue weighted by Gasteiger charge is -2.08. The SMILES string of the molecule is CCn1cncc1C(O)CC#N. The lowest BCUT2D eigenvalue weighted by molar-refractivity contribution is 0.174. The molecule has 1 heterocycles. The molecule has 4 nitrogen and oxygen atoms in total. The maximum Gasteiger partial charge on any atom is 0.108 e. The van der Waals surface area contributed by atoms with E-state index in [9.17, 15) is 5.11 Å². The molecule has 4 heteroatoms. The highest BCUT2D eigenvalue weighted by Crippen LogP contribution is 2.14. The molecule has 1 aromatic rings. The zero-order valence-corrected chi connectivity index (χ0v) is 6.94. The monoisotopic (exact) mass is 165 g/mol. The molecule has 1 N–H and O–H groups in total. The Morgan fingerprint density at radius 3 is 3.17 bits per heavy atom. The van der Waals surface area contributed by atoms with Crippen molar-refractivity contribution >= 4 is 0 Å². The second-order valence-corrected chi connectivity index (χ2v) is 2.48. The highest BCUT2D eigenvalue weighted by molar-refractivity contribution is 5.04. The van der Waals surface area contributed by atoms with Crippen molar-refractivity contribution in [1.82, 2.24) is 9.55 Å². The van der Waals surface area contributed by atoms with Gasteiger partial charge in [0.25, 0.3) is 0 Å². The van der Waals surface area contributed by atoms with Crippen molar-refractivity contribution in [2.45, 2.75) is 26.0 Å². The Morgan fingerprint density at radius 1 is 1.83 bits per heavy atom. The minimum Gasteiger partial charge on any atom is -0.386 e. The summed E-state index contributed by atoms with van der Waals surface area (Å²) in [5, 5.41) is 17.8. The number of hydrogen-bond acceptors (Lipinski definition) is 3. The third-order valence-corrected chi connectivity index (χ3v) is 1.71. The van der Waals surface area contributed by atoms with E-state index in [0.29, 0.717) is 5.69 Å². The minimum atomic E-state index is -0.711. The summed E-state index contributed by atoms with van der Waals surface area (Å²) in [5.74, 6) is 0. The van der Waals surface area contributed by atoms with E-state index in [4.69, 9.17) is 5.26 Å². The van der Waals surface area contributed by atoms with Gasteiger partial charge in [-0.05, 0) is 6.92 Å². The zero-order valence-electron chi connectivity index (χ0n) is 6.94. The van der Waals surface area contributed by atoms with Crippen LogP contribution >= 0.6 is 0 Å². The summed E-state index contributed by atoms with van der Waals surface area (Å²) >= 11 is 0. The topological polar surface area (TPSA) is 61.8 Å². The molecule has 0 fully saturated rings. The third kappa shape index (κ3) is 1.63. The molecule has 64 valence electrons. The molecule has 1 unspecified atom stereocenters. The van der Waals surface area contributed by atoms with Crippen molar-refractivity contribution in [3.05, 3.63) is 18.2 Å². The fourth-order valence-electron chi connectivity index (χ4n) is 1.06. The predicted octanol–water partition coefficient (Wildman–Crippen LogP) is 0.850. The molecule has 1 aromatic heterocycles. The Bertz CT molecular complexity index is 287. The van der Waals surface area contributed by atoms with Gasteiger partial charge in [-0.2, -0.15) is 5.26 Å². The number of nitrogens with zero attached hydrogens (tertiary/aromatic N) is 3. The molecular weight excluding hydrogens is 154 g/mol. The maximum absolute atomic E-state index is 9.44. The van der Waals surface area contributed by atoms with Crippen LogP contribution in [0.4, 0.5) is 0 Å². The Morgan fingerprint density at radius 2 is 2.58 bits per heavy atom. The fraction of sp³-hybridized carbons (Fsp3) is 0.500. The van der Waals surface area contributed by atoms with Crippen LogP contribution in [-0.2, 0) is 6.54 Å². The molecule has 12 heavy (non-hydrogen) atoms. The van der Waals surface area contributed by atoms with E-state index in [1.54, 1.807) is 12.5 Å². The standard InChI is InChI=1S/C8H11N3O/c1-2-11-6-10-5-7(11)8(12)3-4-9/h5-6,8,12H,2-3H2,1H3. The van der Waals surface area contributed by atoms with E-state index in [0.717, 1.165) is 6.54 Å². The fourth-order valence-corrected chi connectivity index (χ4v) is 1.06. The van der Waals surface area contributed by atoms with Gasteiger partial charge in [-0.3, -0.25) is 0 Å². The van der Waals surface area contributed by atoms with Gasteiger partial charge >= 0.3 is 0 Å². The molecule has 0 spiro atoms. The molecule has 0 aromatic carbocycles. The highest BCUT2D eigenvalue weighted by atomic mass is 16.3. The first-order valence-corrected chi connectivity index (χ1v) is 3.84. The van der Waals surface area contributed by atoms with E-state index in [-0.39, 0.29) is 6.42 Å². The van der Waals surface area contributed by atoms with Crippen LogP contribution in [-0.4, -0.2) is 14.7 Å². The first kappa shape index (κ1) is 8.75. The zero-order chi connectivity index (χ0) is 8.97. The first-order valence-electron chi connectivity index (χ1n) is 3.84. The Hall–Kier alpha value is -1.34. The summed E-state index contributed by atoms with van der Waals surface area (Å²) in [5.41, 5.74) is 0.707. The van der Waals surface area contributed by atoms with Gasteiger partial charge in [0.2, 0.25) is 0 Å². The van der Waals surface area contributed by atoms with Gasteiger partial charge in [-0.25, -0.2) is 4.98 Å². The van der Waals surface area contributed by atoms with E-state index in [1.165, 1.54) is 0 Å². The van der Waals surface area contributed by atoms with Crippen LogP contribution in [0.3, 0.4) is 0 Å². The highest BCUT2D eigenvalue weighted by Gasteiger charge is 2.10. The Balaban J connectivity index is 2.80. The summed E-state index contributed by atoms with van der Waals surface area (Å²) in [6.07, 6.45) is 2.64. The van der Waals surface area contributed by atoms with E-state index >= 15 is 0 Å². The normalized spacial score (nSPS) is 12.4. The number of aliphatic hydroxyl groups excluding tert-OH is 1. The summed E-state index contributed by atoms with van der Waals surface area (Å²) in [7, 11) is 0. The Labute approximate surface area is 71.1 Å². The van der Waals surface area contributed by atoms with Gasteiger partial charge < -0.3 is 9.67 Å². The molecule has 0 saturated heterocycles. The second kappa shape index (κ2) is 3.88. The number of nitriles is 1. The lowest BCUT2D eigenvalue weighted by Crippen LogP contribution is -2.04.